The Kier molecular flexibility index (Phi) is 4.36. The van der Waals surface area contributed by atoms with E-state index >= 15 is 0 Å². The highest BCUT2D eigenvalue weighted by Crippen LogP contribution is 2.32. The Morgan fingerprint density at radius 1 is 1.20 bits per heavy atom. The third-order valence-electron chi connectivity index (χ3n) is 4.95. The zero-order valence-corrected chi connectivity index (χ0v) is 14.5. The maximum Gasteiger partial charge on any atom is 0.249 e. The van der Waals surface area contributed by atoms with Crippen LogP contribution in [0.3, 0.4) is 0 Å². The quantitative estimate of drug-likeness (QED) is 0.881. The summed E-state index contributed by atoms with van der Waals surface area (Å²) in [5.74, 6) is 0.00264. The average Bonchev–Trinajstić information content (AvgIpc) is 2.93. The second-order valence-electron chi connectivity index (χ2n) is 6.77. The minimum atomic E-state index is -0.491. The second-order valence-corrected chi connectivity index (χ2v) is 7.20. The van der Waals surface area contributed by atoms with Crippen molar-refractivity contribution in [2.45, 2.75) is 43.9 Å². The maximum atomic E-state index is 11.7. The Labute approximate surface area is 151 Å². The number of piperidine rings is 1. The molecule has 2 unspecified atom stereocenters. The van der Waals surface area contributed by atoms with Gasteiger partial charge in [0.15, 0.2) is 0 Å². The number of benzene rings is 1. The molecule has 4 rings (SSSR count). The Morgan fingerprint density at radius 2 is 1.92 bits per heavy atom. The van der Waals surface area contributed by atoms with Crippen LogP contribution in [0, 0.1) is 0 Å². The van der Waals surface area contributed by atoms with E-state index in [2.05, 4.69) is 10.3 Å². The lowest BCUT2D eigenvalue weighted by Gasteiger charge is -2.29. The highest BCUT2D eigenvalue weighted by molar-refractivity contribution is 6.31. The van der Waals surface area contributed by atoms with Gasteiger partial charge in [-0.1, -0.05) is 29.8 Å². The molecule has 2 fully saturated rings. The van der Waals surface area contributed by atoms with Gasteiger partial charge in [-0.25, -0.2) is 4.98 Å². The lowest BCUT2D eigenvalue weighted by molar-refractivity contribution is 0.100. The van der Waals surface area contributed by atoms with Crippen molar-refractivity contribution >= 4 is 17.5 Å². The number of hydrogen-bond donors (Lipinski definition) is 2. The summed E-state index contributed by atoms with van der Waals surface area (Å²) >= 11 is 6.27. The molecule has 2 aliphatic heterocycles. The number of nitrogens with one attached hydrogen (secondary N) is 1. The number of nitrogens with two attached hydrogens (primary N) is 1. The van der Waals surface area contributed by atoms with E-state index in [0.29, 0.717) is 39.8 Å². The molecule has 0 saturated carbocycles. The van der Waals surface area contributed by atoms with Crippen LogP contribution in [0.5, 0.6) is 5.88 Å². The van der Waals surface area contributed by atoms with Crippen LogP contribution in [-0.4, -0.2) is 29.1 Å². The van der Waals surface area contributed by atoms with E-state index in [0.717, 1.165) is 12.8 Å². The Bertz CT molecular complexity index is 799. The van der Waals surface area contributed by atoms with Gasteiger partial charge in [0.25, 0.3) is 0 Å². The molecule has 2 atom stereocenters. The van der Waals surface area contributed by atoms with Crippen molar-refractivity contribution in [2.75, 3.05) is 0 Å². The smallest absolute Gasteiger partial charge is 0.249 e. The summed E-state index contributed by atoms with van der Waals surface area (Å²) in [5.41, 5.74) is 7.15. The van der Waals surface area contributed by atoms with E-state index < -0.39 is 5.91 Å². The van der Waals surface area contributed by atoms with Crippen LogP contribution in [0.15, 0.2) is 36.4 Å². The molecule has 3 heterocycles. The van der Waals surface area contributed by atoms with Crippen LogP contribution < -0.4 is 15.8 Å². The number of rotatable bonds is 4. The van der Waals surface area contributed by atoms with Crippen LogP contribution >= 0.6 is 11.6 Å². The predicted octanol–water partition coefficient (Wildman–Crippen LogP) is 3.16. The monoisotopic (exact) mass is 357 g/mol. The molecule has 1 amide bonds. The van der Waals surface area contributed by atoms with Crippen molar-refractivity contribution in [1.82, 2.24) is 10.3 Å². The van der Waals surface area contributed by atoms with Crippen LogP contribution in [0.4, 0.5) is 0 Å². The molecule has 0 radical (unpaired) electrons. The molecule has 3 N–H and O–H groups in total. The molecule has 2 saturated heterocycles. The number of pyridine rings is 1. The van der Waals surface area contributed by atoms with Gasteiger partial charge in [0.05, 0.1) is 5.69 Å². The van der Waals surface area contributed by atoms with Gasteiger partial charge in [-0.3, -0.25) is 4.79 Å². The first-order valence-corrected chi connectivity index (χ1v) is 8.96. The highest BCUT2D eigenvalue weighted by Gasteiger charge is 2.34. The lowest BCUT2D eigenvalue weighted by Crippen LogP contribution is -2.42. The molecule has 1 aromatic heterocycles. The van der Waals surface area contributed by atoms with E-state index in [-0.39, 0.29) is 6.10 Å². The molecular weight excluding hydrogens is 338 g/mol. The molecule has 6 heteroatoms. The van der Waals surface area contributed by atoms with E-state index in [9.17, 15) is 4.79 Å². The van der Waals surface area contributed by atoms with Gasteiger partial charge < -0.3 is 15.8 Å². The van der Waals surface area contributed by atoms with Crippen LogP contribution in [0.2, 0.25) is 5.02 Å². The third-order valence-corrected chi connectivity index (χ3v) is 5.17. The first-order valence-electron chi connectivity index (χ1n) is 8.58. The van der Waals surface area contributed by atoms with Crippen molar-refractivity contribution in [1.29, 1.82) is 0 Å². The first kappa shape index (κ1) is 16.4. The van der Waals surface area contributed by atoms with E-state index in [1.54, 1.807) is 24.3 Å². The molecule has 0 spiro atoms. The van der Waals surface area contributed by atoms with Crippen molar-refractivity contribution in [3.8, 4) is 17.1 Å². The SMILES string of the molecule is NC(=O)c1ccccc1-c1cc(Cl)cc(OC2CC3CCC(C2)N3)n1. The van der Waals surface area contributed by atoms with Crippen molar-refractivity contribution in [3.05, 3.63) is 47.0 Å². The number of hydrogen-bond acceptors (Lipinski definition) is 4. The number of nitrogens with zero attached hydrogens (tertiary/aromatic N) is 1. The molecule has 2 bridgehead atoms. The minimum Gasteiger partial charge on any atom is -0.474 e. The maximum absolute atomic E-state index is 11.7. The zero-order chi connectivity index (χ0) is 17.4. The molecule has 130 valence electrons. The molecule has 2 aliphatic rings. The van der Waals surface area contributed by atoms with Crippen molar-refractivity contribution < 1.29 is 9.53 Å². The number of aromatic nitrogens is 1. The number of carbonyl (C=O) groups excluding carboxylic acids is 1. The Morgan fingerprint density at radius 3 is 2.64 bits per heavy atom. The Balaban J connectivity index is 1.62. The number of primary amides is 1. The standard InChI is InChI=1S/C19H20ClN3O2/c20-11-7-17(15-3-1-2-4-16(15)19(21)24)23-18(8-11)25-14-9-12-5-6-13(10-14)22-12/h1-4,7-8,12-14,22H,5-6,9-10H2,(H2,21,24). The van der Waals surface area contributed by atoms with Gasteiger partial charge in [-0.15, -0.1) is 0 Å². The average molecular weight is 358 g/mol. The normalized spacial score (nSPS) is 24.9. The summed E-state index contributed by atoms with van der Waals surface area (Å²) in [4.78, 5) is 16.3. The molecule has 0 aliphatic carbocycles. The van der Waals surface area contributed by atoms with Gasteiger partial charge in [-0.05, 0) is 37.8 Å². The molecule has 1 aromatic carbocycles. The van der Waals surface area contributed by atoms with Crippen LogP contribution in [0.25, 0.3) is 11.3 Å². The number of ether oxygens (including phenoxy) is 1. The fourth-order valence-electron chi connectivity index (χ4n) is 3.87. The van der Waals surface area contributed by atoms with E-state index in [1.165, 1.54) is 12.8 Å². The summed E-state index contributed by atoms with van der Waals surface area (Å²) in [6.07, 6.45) is 4.54. The third kappa shape index (κ3) is 3.48. The van der Waals surface area contributed by atoms with Gasteiger partial charge in [0, 0.05) is 34.3 Å². The molecule has 2 aromatic rings. The van der Waals surface area contributed by atoms with Gasteiger partial charge >= 0.3 is 0 Å². The van der Waals surface area contributed by atoms with E-state index in [4.69, 9.17) is 22.1 Å². The molecule has 25 heavy (non-hydrogen) atoms. The fourth-order valence-corrected chi connectivity index (χ4v) is 4.06. The largest absolute Gasteiger partial charge is 0.474 e. The van der Waals surface area contributed by atoms with Crippen molar-refractivity contribution in [3.63, 3.8) is 0 Å². The van der Waals surface area contributed by atoms with Crippen LogP contribution in [-0.2, 0) is 0 Å². The summed E-state index contributed by atoms with van der Waals surface area (Å²) in [7, 11) is 0. The van der Waals surface area contributed by atoms with Crippen LogP contribution in [0.1, 0.15) is 36.0 Å². The van der Waals surface area contributed by atoms with Gasteiger partial charge in [0.2, 0.25) is 11.8 Å². The van der Waals surface area contributed by atoms with Gasteiger partial charge in [0.1, 0.15) is 6.10 Å². The predicted molar refractivity (Wildman–Crippen MR) is 96.8 cm³/mol. The van der Waals surface area contributed by atoms with Gasteiger partial charge in [-0.2, -0.15) is 0 Å². The molecule has 5 nitrogen and oxygen atoms in total. The second kappa shape index (κ2) is 6.65. The number of amides is 1. The first-order chi connectivity index (χ1) is 12.1. The summed E-state index contributed by atoms with van der Waals surface area (Å²) < 4.78 is 6.13. The fraction of sp³-hybridized carbons (Fsp3) is 0.368. The highest BCUT2D eigenvalue weighted by atomic mass is 35.5. The van der Waals surface area contributed by atoms with E-state index in [1.807, 2.05) is 12.1 Å². The molecular formula is C19H20ClN3O2. The minimum absolute atomic E-state index is 0.143. The lowest BCUT2D eigenvalue weighted by atomic mass is 10.0. The summed E-state index contributed by atoms with van der Waals surface area (Å²) in [6, 6.07) is 11.6. The zero-order valence-electron chi connectivity index (χ0n) is 13.7. The number of halogens is 1. The van der Waals surface area contributed by atoms with Crippen molar-refractivity contribution in [2.24, 2.45) is 5.73 Å². The Hall–Kier alpha value is -2.11. The number of fused-ring (bicyclic) bond motifs is 2. The number of carbonyl (C=O) groups is 1. The summed E-state index contributed by atoms with van der Waals surface area (Å²) in [5, 5.41) is 4.12. The topological polar surface area (TPSA) is 77.2 Å². The summed E-state index contributed by atoms with van der Waals surface area (Å²) in [6.45, 7) is 0.